The van der Waals surface area contributed by atoms with Crippen molar-refractivity contribution < 1.29 is 9.53 Å². The van der Waals surface area contributed by atoms with E-state index >= 15 is 0 Å². The Labute approximate surface area is 107 Å². The van der Waals surface area contributed by atoms with Crippen LogP contribution in [-0.2, 0) is 9.53 Å². The van der Waals surface area contributed by atoms with E-state index in [2.05, 4.69) is 17.0 Å². The van der Waals surface area contributed by atoms with Crippen LogP contribution < -0.4 is 5.32 Å². The first kappa shape index (κ1) is 14.0. The van der Waals surface area contributed by atoms with Gasteiger partial charge in [0.25, 0.3) is 0 Å². The van der Waals surface area contributed by atoms with E-state index in [0.717, 1.165) is 23.6 Å². The molecule has 1 atom stereocenters. The third-order valence-electron chi connectivity index (χ3n) is 2.58. The van der Waals surface area contributed by atoms with Crippen molar-refractivity contribution in [1.29, 1.82) is 0 Å². The minimum atomic E-state index is -0.165. The number of carbonyl (C=O) groups is 1. The molecule has 0 aromatic heterocycles. The highest BCUT2D eigenvalue weighted by Gasteiger charge is 2.05. The summed E-state index contributed by atoms with van der Waals surface area (Å²) in [6, 6.07) is 7.99. The van der Waals surface area contributed by atoms with Gasteiger partial charge >= 0.3 is 5.97 Å². The topological polar surface area (TPSA) is 38.3 Å². The number of benzene rings is 1. The van der Waals surface area contributed by atoms with Gasteiger partial charge in [-0.25, -0.2) is 0 Å². The molecule has 0 saturated carbocycles. The molecule has 4 heteroatoms. The van der Waals surface area contributed by atoms with Gasteiger partial charge in [0.05, 0.1) is 7.11 Å². The molecular weight excluding hydrogens is 238 g/mol. The molecule has 0 saturated heterocycles. The molecule has 1 rings (SSSR count). The summed E-state index contributed by atoms with van der Waals surface area (Å²) in [7, 11) is 1.41. The van der Waals surface area contributed by atoms with Gasteiger partial charge in [0.15, 0.2) is 0 Å². The van der Waals surface area contributed by atoms with Crippen molar-refractivity contribution in [1.82, 2.24) is 5.32 Å². The van der Waals surface area contributed by atoms with Crippen LogP contribution in [0.15, 0.2) is 24.3 Å². The van der Waals surface area contributed by atoms with Crippen LogP contribution in [0.4, 0.5) is 0 Å². The molecule has 0 fully saturated rings. The molecule has 1 aromatic carbocycles. The second kappa shape index (κ2) is 7.30. The molecule has 0 bridgehead atoms. The lowest BCUT2D eigenvalue weighted by Gasteiger charge is -2.14. The number of carbonyl (C=O) groups excluding carboxylic acids is 1. The first-order chi connectivity index (χ1) is 8.13. The first-order valence-electron chi connectivity index (χ1n) is 5.69. The summed E-state index contributed by atoms with van der Waals surface area (Å²) in [6.07, 6.45) is 1.23. The fraction of sp³-hybridized carbons (Fsp3) is 0.462. The highest BCUT2D eigenvalue weighted by atomic mass is 35.5. The molecule has 94 valence electrons. The zero-order valence-corrected chi connectivity index (χ0v) is 11.0. The second-order valence-corrected chi connectivity index (χ2v) is 4.35. The van der Waals surface area contributed by atoms with Crippen molar-refractivity contribution >= 4 is 17.6 Å². The molecule has 3 nitrogen and oxygen atoms in total. The Hall–Kier alpha value is -1.06. The van der Waals surface area contributed by atoms with Crippen molar-refractivity contribution in [2.75, 3.05) is 13.7 Å². The lowest BCUT2D eigenvalue weighted by Crippen LogP contribution is -2.20. The van der Waals surface area contributed by atoms with Gasteiger partial charge in [0, 0.05) is 17.5 Å². The summed E-state index contributed by atoms with van der Waals surface area (Å²) in [5.41, 5.74) is 1.15. The molecular formula is C13H18ClNO2. The van der Waals surface area contributed by atoms with E-state index in [-0.39, 0.29) is 12.0 Å². The maximum Gasteiger partial charge on any atom is 0.305 e. The van der Waals surface area contributed by atoms with E-state index in [0.29, 0.717) is 6.42 Å². The molecule has 1 N–H and O–H groups in total. The van der Waals surface area contributed by atoms with Gasteiger partial charge in [-0.2, -0.15) is 0 Å². The van der Waals surface area contributed by atoms with Crippen molar-refractivity contribution in [2.45, 2.75) is 25.8 Å². The lowest BCUT2D eigenvalue weighted by atomic mass is 10.1. The monoisotopic (exact) mass is 255 g/mol. The van der Waals surface area contributed by atoms with Crippen LogP contribution in [0, 0.1) is 0 Å². The Kier molecular flexibility index (Phi) is 6.01. The summed E-state index contributed by atoms with van der Waals surface area (Å²) < 4.78 is 4.57. The predicted octanol–water partition coefficient (Wildman–Crippen LogP) is 2.94. The van der Waals surface area contributed by atoms with Crippen LogP contribution in [0.2, 0.25) is 5.02 Å². The molecule has 0 unspecified atom stereocenters. The van der Waals surface area contributed by atoms with Gasteiger partial charge in [-0.1, -0.05) is 23.7 Å². The van der Waals surface area contributed by atoms with Crippen LogP contribution in [0.1, 0.15) is 31.4 Å². The molecule has 1 aromatic rings. The van der Waals surface area contributed by atoms with Crippen LogP contribution >= 0.6 is 11.6 Å². The fourth-order valence-corrected chi connectivity index (χ4v) is 1.75. The van der Waals surface area contributed by atoms with Crippen LogP contribution in [0.25, 0.3) is 0 Å². The van der Waals surface area contributed by atoms with Crippen LogP contribution in [0.3, 0.4) is 0 Å². The van der Waals surface area contributed by atoms with E-state index in [1.807, 2.05) is 24.3 Å². The normalized spacial score (nSPS) is 12.2. The lowest BCUT2D eigenvalue weighted by molar-refractivity contribution is -0.140. The van der Waals surface area contributed by atoms with E-state index < -0.39 is 0 Å². The Bertz CT molecular complexity index is 368. The first-order valence-corrected chi connectivity index (χ1v) is 6.07. The highest BCUT2D eigenvalue weighted by Crippen LogP contribution is 2.17. The summed E-state index contributed by atoms with van der Waals surface area (Å²) in [6.45, 7) is 2.85. The molecule has 0 aliphatic carbocycles. The average molecular weight is 256 g/mol. The second-order valence-electron chi connectivity index (χ2n) is 3.91. The van der Waals surface area contributed by atoms with Gasteiger partial charge in [0.1, 0.15) is 0 Å². The number of nitrogens with one attached hydrogen (secondary N) is 1. The van der Waals surface area contributed by atoms with E-state index in [1.165, 1.54) is 7.11 Å². The zero-order chi connectivity index (χ0) is 12.7. The predicted molar refractivity (Wildman–Crippen MR) is 69.1 cm³/mol. The van der Waals surface area contributed by atoms with Crippen LogP contribution in [-0.4, -0.2) is 19.6 Å². The van der Waals surface area contributed by atoms with E-state index in [4.69, 9.17) is 11.6 Å². The molecule has 0 radical (unpaired) electrons. The molecule has 0 heterocycles. The highest BCUT2D eigenvalue weighted by molar-refractivity contribution is 6.30. The largest absolute Gasteiger partial charge is 0.469 e. The zero-order valence-electron chi connectivity index (χ0n) is 10.2. The standard InChI is InChI=1S/C13H18ClNO2/c1-10(11-5-3-6-12(14)9-11)15-8-4-7-13(16)17-2/h3,5-6,9-10,15H,4,7-8H2,1-2H3/t10-/m1/s1. The third kappa shape index (κ3) is 5.20. The van der Waals surface area contributed by atoms with Gasteiger partial charge < -0.3 is 10.1 Å². The molecule has 0 spiro atoms. The van der Waals surface area contributed by atoms with Crippen molar-refractivity contribution in [2.24, 2.45) is 0 Å². The van der Waals surface area contributed by atoms with E-state index in [1.54, 1.807) is 0 Å². The maximum absolute atomic E-state index is 10.9. The van der Waals surface area contributed by atoms with Crippen molar-refractivity contribution in [3.05, 3.63) is 34.9 Å². The van der Waals surface area contributed by atoms with Gasteiger partial charge in [-0.05, 0) is 37.6 Å². The number of ether oxygens (including phenoxy) is 1. The van der Waals surface area contributed by atoms with E-state index in [9.17, 15) is 4.79 Å². The number of halogens is 1. The number of hydrogen-bond donors (Lipinski definition) is 1. The Balaban J connectivity index is 2.30. The molecule has 17 heavy (non-hydrogen) atoms. The smallest absolute Gasteiger partial charge is 0.305 e. The van der Waals surface area contributed by atoms with Gasteiger partial charge in [-0.3, -0.25) is 4.79 Å². The van der Waals surface area contributed by atoms with Crippen molar-refractivity contribution in [3.63, 3.8) is 0 Å². The maximum atomic E-state index is 10.9. The number of methoxy groups -OCH3 is 1. The Morgan fingerprint density at radius 3 is 2.94 bits per heavy atom. The van der Waals surface area contributed by atoms with Crippen molar-refractivity contribution in [3.8, 4) is 0 Å². The summed E-state index contributed by atoms with van der Waals surface area (Å²) in [5, 5.41) is 4.08. The Morgan fingerprint density at radius 1 is 1.53 bits per heavy atom. The third-order valence-corrected chi connectivity index (χ3v) is 2.82. The number of hydrogen-bond acceptors (Lipinski definition) is 3. The molecule has 0 amide bonds. The SMILES string of the molecule is COC(=O)CCCN[C@H](C)c1cccc(Cl)c1. The number of rotatable bonds is 6. The van der Waals surface area contributed by atoms with Crippen LogP contribution in [0.5, 0.6) is 0 Å². The van der Waals surface area contributed by atoms with Gasteiger partial charge in [0.2, 0.25) is 0 Å². The number of esters is 1. The van der Waals surface area contributed by atoms with Gasteiger partial charge in [-0.15, -0.1) is 0 Å². The molecule has 0 aliphatic rings. The summed E-state index contributed by atoms with van der Waals surface area (Å²) >= 11 is 5.92. The Morgan fingerprint density at radius 2 is 2.29 bits per heavy atom. The quantitative estimate of drug-likeness (QED) is 0.627. The minimum Gasteiger partial charge on any atom is -0.469 e. The fourth-order valence-electron chi connectivity index (χ4n) is 1.55. The summed E-state index contributed by atoms with van der Waals surface area (Å²) in [4.78, 5) is 10.9. The minimum absolute atomic E-state index is 0.165. The molecule has 0 aliphatic heterocycles. The average Bonchev–Trinajstić information content (AvgIpc) is 2.34. The summed E-state index contributed by atoms with van der Waals surface area (Å²) in [5.74, 6) is -0.165.